The third kappa shape index (κ3) is 5.06. The van der Waals surface area contributed by atoms with Crippen LogP contribution >= 0.6 is 0 Å². The molecule has 1 amide bonds. The molecule has 0 saturated heterocycles. The molecule has 1 heterocycles. The number of para-hydroxylation sites is 1. The molecule has 0 aliphatic rings. The molecule has 1 aromatic heterocycles. The lowest BCUT2D eigenvalue weighted by molar-refractivity contribution is -0.136. The summed E-state index contributed by atoms with van der Waals surface area (Å²) >= 11 is 0. The minimum atomic E-state index is -0.382. The van der Waals surface area contributed by atoms with Crippen molar-refractivity contribution in [2.45, 2.75) is 59.9 Å². The highest BCUT2D eigenvalue weighted by Gasteiger charge is 2.30. The van der Waals surface area contributed by atoms with Crippen LogP contribution in [0.2, 0.25) is 0 Å². The topological polar surface area (TPSA) is 55.2 Å². The van der Waals surface area contributed by atoms with Gasteiger partial charge in [0.05, 0.1) is 22.6 Å². The molecular formula is C26H32FN3O2. The van der Waals surface area contributed by atoms with Crippen LogP contribution in [0.1, 0.15) is 65.7 Å². The lowest BCUT2D eigenvalue weighted by atomic mass is 9.91. The fraction of sp³-hybridized carbons (Fsp3) is 0.423. The molecule has 32 heavy (non-hydrogen) atoms. The molecule has 0 aliphatic heterocycles. The Morgan fingerprint density at radius 3 is 2.34 bits per heavy atom. The quantitative estimate of drug-likeness (QED) is 0.480. The van der Waals surface area contributed by atoms with E-state index in [4.69, 9.17) is 4.98 Å². The van der Waals surface area contributed by atoms with E-state index in [1.54, 1.807) is 24.3 Å². The van der Waals surface area contributed by atoms with Crippen LogP contribution in [0.15, 0.2) is 53.3 Å². The van der Waals surface area contributed by atoms with E-state index in [0.29, 0.717) is 41.8 Å². The molecule has 6 heteroatoms. The van der Waals surface area contributed by atoms with Crippen molar-refractivity contribution in [2.24, 2.45) is 5.41 Å². The van der Waals surface area contributed by atoms with Crippen molar-refractivity contribution in [2.75, 3.05) is 6.54 Å². The van der Waals surface area contributed by atoms with Gasteiger partial charge in [-0.3, -0.25) is 14.2 Å². The Bertz CT molecular complexity index is 1150. The Hall–Kier alpha value is -3.02. The van der Waals surface area contributed by atoms with Gasteiger partial charge in [0.15, 0.2) is 0 Å². The Labute approximate surface area is 188 Å². The number of hydrogen-bond acceptors (Lipinski definition) is 3. The summed E-state index contributed by atoms with van der Waals surface area (Å²) in [6, 6.07) is 12.6. The van der Waals surface area contributed by atoms with Crippen LogP contribution in [0.3, 0.4) is 0 Å². The molecule has 3 rings (SSSR count). The van der Waals surface area contributed by atoms with E-state index in [1.807, 2.05) is 51.7 Å². The maximum absolute atomic E-state index is 13.6. The summed E-state index contributed by atoms with van der Waals surface area (Å²) in [5.41, 5.74) is 0.733. The van der Waals surface area contributed by atoms with Gasteiger partial charge in [-0.05, 0) is 54.7 Å². The zero-order valence-electron chi connectivity index (χ0n) is 19.6. The number of hydrogen-bond donors (Lipinski definition) is 0. The molecule has 1 atom stereocenters. The van der Waals surface area contributed by atoms with Gasteiger partial charge >= 0.3 is 0 Å². The van der Waals surface area contributed by atoms with E-state index >= 15 is 0 Å². The summed E-state index contributed by atoms with van der Waals surface area (Å²) in [5, 5.41) is 0.485. The van der Waals surface area contributed by atoms with Gasteiger partial charge < -0.3 is 4.90 Å². The number of amides is 1. The molecule has 3 aromatic rings. The number of carbonyl (C=O) groups excluding carboxylic acids is 1. The van der Waals surface area contributed by atoms with Crippen molar-refractivity contribution < 1.29 is 9.18 Å². The number of benzene rings is 2. The highest BCUT2D eigenvalue weighted by molar-refractivity contribution is 5.79. The molecule has 0 fully saturated rings. The van der Waals surface area contributed by atoms with Crippen LogP contribution in [0.5, 0.6) is 0 Å². The van der Waals surface area contributed by atoms with E-state index in [-0.39, 0.29) is 28.7 Å². The van der Waals surface area contributed by atoms with Gasteiger partial charge in [0, 0.05) is 13.0 Å². The van der Waals surface area contributed by atoms with Crippen LogP contribution in [0.25, 0.3) is 16.6 Å². The third-order valence-corrected chi connectivity index (χ3v) is 5.41. The predicted molar refractivity (Wildman–Crippen MR) is 126 cm³/mol. The maximum Gasteiger partial charge on any atom is 0.266 e. The van der Waals surface area contributed by atoms with Gasteiger partial charge in [0.1, 0.15) is 11.6 Å². The zero-order chi connectivity index (χ0) is 23.5. The van der Waals surface area contributed by atoms with Crippen LogP contribution in [0.4, 0.5) is 4.39 Å². The molecule has 170 valence electrons. The van der Waals surface area contributed by atoms with Gasteiger partial charge in [0.2, 0.25) is 5.91 Å². The average molecular weight is 438 g/mol. The Balaban J connectivity index is 2.25. The molecule has 0 radical (unpaired) electrons. The summed E-state index contributed by atoms with van der Waals surface area (Å²) in [4.78, 5) is 33.6. The number of carbonyl (C=O) groups is 1. The largest absolute Gasteiger partial charge is 0.332 e. The molecule has 2 aromatic carbocycles. The summed E-state index contributed by atoms with van der Waals surface area (Å²) in [6.07, 6.45) is 1.79. The minimum Gasteiger partial charge on any atom is -0.332 e. The average Bonchev–Trinajstić information content (AvgIpc) is 2.73. The second-order valence-electron chi connectivity index (χ2n) is 9.35. The molecule has 0 N–H and O–H groups in total. The fourth-order valence-corrected chi connectivity index (χ4v) is 4.01. The first-order valence-electron chi connectivity index (χ1n) is 11.2. The molecule has 5 nitrogen and oxygen atoms in total. The van der Waals surface area contributed by atoms with Gasteiger partial charge in [0.25, 0.3) is 5.56 Å². The summed E-state index contributed by atoms with van der Waals surface area (Å²) in [7, 11) is 0. The minimum absolute atomic E-state index is 0.0410. The highest BCUT2D eigenvalue weighted by atomic mass is 19.1. The van der Waals surface area contributed by atoms with Gasteiger partial charge in [-0.25, -0.2) is 9.37 Å². The van der Waals surface area contributed by atoms with Crippen LogP contribution < -0.4 is 5.56 Å². The van der Waals surface area contributed by atoms with Crippen LogP contribution in [0, 0.1) is 11.2 Å². The molecule has 0 saturated carbocycles. The smallest absolute Gasteiger partial charge is 0.266 e. The Morgan fingerprint density at radius 2 is 1.75 bits per heavy atom. The Morgan fingerprint density at radius 1 is 1.09 bits per heavy atom. The molecule has 0 spiro atoms. The SMILES string of the molecule is CCCN(C(=O)CC(C)(C)C)C(CC)c1nc2ccccc2c(=O)n1-c1ccc(F)cc1. The molecule has 1 unspecified atom stereocenters. The van der Waals surface area contributed by atoms with Crippen LogP contribution in [-0.4, -0.2) is 26.9 Å². The fourth-order valence-electron chi connectivity index (χ4n) is 4.01. The van der Waals surface area contributed by atoms with E-state index in [1.165, 1.54) is 16.7 Å². The second kappa shape index (κ2) is 9.63. The number of nitrogens with zero attached hydrogens (tertiary/aromatic N) is 3. The highest BCUT2D eigenvalue weighted by Crippen LogP contribution is 2.29. The van der Waals surface area contributed by atoms with E-state index in [2.05, 4.69) is 0 Å². The van der Waals surface area contributed by atoms with Crippen molar-refractivity contribution in [1.82, 2.24) is 14.5 Å². The van der Waals surface area contributed by atoms with Crippen molar-refractivity contribution in [3.05, 3.63) is 70.5 Å². The summed E-state index contributed by atoms with van der Waals surface area (Å²) in [6.45, 7) is 10.7. The van der Waals surface area contributed by atoms with Gasteiger partial charge in [-0.2, -0.15) is 0 Å². The van der Waals surface area contributed by atoms with E-state index < -0.39 is 0 Å². The first-order chi connectivity index (χ1) is 15.2. The lowest BCUT2D eigenvalue weighted by Gasteiger charge is -2.34. The first kappa shape index (κ1) is 23.6. The molecular weight excluding hydrogens is 405 g/mol. The molecule has 0 aliphatic carbocycles. The first-order valence-corrected chi connectivity index (χ1v) is 11.2. The summed E-state index contributed by atoms with van der Waals surface area (Å²) < 4.78 is 15.1. The third-order valence-electron chi connectivity index (χ3n) is 5.41. The van der Waals surface area contributed by atoms with E-state index in [9.17, 15) is 14.0 Å². The molecule has 0 bridgehead atoms. The summed E-state index contributed by atoms with van der Waals surface area (Å²) in [5.74, 6) is 0.162. The van der Waals surface area contributed by atoms with Gasteiger partial charge in [-0.15, -0.1) is 0 Å². The lowest BCUT2D eigenvalue weighted by Crippen LogP contribution is -2.40. The van der Waals surface area contributed by atoms with Crippen molar-refractivity contribution >= 4 is 16.8 Å². The number of aromatic nitrogens is 2. The number of rotatable bonds is 7. The number of halogens is 1. The normalized spacial score (nSPS) is 12.7. The maximum atomic E-state index is 13.6. The predicted octanol–water partition coefficient (Wildman–Crippen LogP) is 5.65. The van der Waals surface area contributed by atoms with Crippen LogP contribution in [-0.2, 0) is 4.79 Å². The second-order valence-corrected chi connectivity index (χ2v) is 9.35. The van der Waals surface area contributed by atoms with Gasteiger partial charge in [-0.1, -0.05) is 46.8 Å². The monoisotopic (exact) mass is 437 g/mol. The Kier molecular flexibility index (Phi) is 7.12. The standard InChI is InChI=1S/C26H32FN3O2/c1-6-16-29(23(31)17-26(3,4)5)22(7-2)24-28-21-11-9-8-10-20(21)25(32)30(24)19-14-12-18(27)13-15-19/h8-15,22H,6-7,16-17H2,1-5H3. The zero-order valence-corrected chi connectivity index (χ0v) is 19.6. The number of fused-ring (bicyclic) bond motifs is 1. The van der Waals surface area contributed by atoms with Crippen molar-refractivity contribution in [3.8, 4) is 5.69 Å². The van der Waals surface area contributed by atoms with Crippen molar-refractivity contribution in [1.29, 1.82) is 0 Å². The van der Waals surface area contributed by atoms with Crippen molar-refractivity contribution in [3.63, 3.8) is 0 Å². The van der Waals surface area contributed by atoms with E-state index in [0.717, 1.165) is 6.42 Å².